The van der Waals surface area contributed by atoms with Crippen LogP contribution in [0.5, 0.6) is 0 Å². The van der Waals surface area contributed by atoms with E-state index in [2.05, 4.69) is 4.98 Å². The van der Waals surface area contributed by atoms with Crippen molar-refractivity contribution in [3.8, 4) is 11.1 Å². The summed E-state index contributed by atoms with van der Waals surface area (Å²) < 4.78 is 6.68. The third-order valence-electron chi connectivity index (χ3n) is 3.63. The van der Waals surface area contributed by atoms with E-state index in [0.29, 0.717) is 28.8 Å². The van der Waals surface area contributed by atoms with Crippen molar-refractivity contribution in [3.63, 3.8) is 0 Å². The number of carbonyl (C=O) groups is 1. The lowest BCUT2D eigenvalue weighted by Crippen LogP contribution is -2.17. The van der Waals surface area contributed by atoms with Crippen LogP contribution in [0.25, 0.3) is 22.0 Å². The number of H-pyrrole nitrogens is 1. The average Bonchev–Trinajstić information content (AvgIpc) is 3.10. The van der Waals surface area contributed by atoms with E-state index < -0.39 is 5.97 Å². The van der Waals surface area contributed by atoms with E-state index in [1.165, 1.54) is 4.57 Å². The first-order valence-corrected chi connectivity index (χ1v) is 7.90. The van der Waals surface area contributed by atoms with Gasteiger partial charge in [0.05, 0.1) is 12.2 Å². The predicted octanol–water partition coefficient (Wildman–Crippen LogP) is 3.08. The Morgan fingerprint density at radius 2 is 2.23 bits per heavy atom. The maximum atomic E-state index is 12.4. The van der Waals surface area contributed by atoms with Crippen LogP contribution in [0.1, 0.15) is 23.0 Å². The Kier molecular flexibility index (Phi) is 3.62. The van der Waals surface area contributed by atoms with Crippen LogP contribution in [0.2, 0.25) is 0 Å². The summed E-state index contributed by atoms with van der Waals surface area (Å²) in [5.41, 5.74) is 3.20. The van der Waals surface area contributed by atoms with Crippen molar-refractivity contribution in [1.29, 1.82) is 0 Å². The van der Waals surface area contributed by atoms with Crippen LogP contribution in [-0.4, -0.2) is 22.1 Å². The quantitative estimate of drug-likeness (QED) is 0.755. The fourth-order valence-corrected chi connectivity index (χ4v) is 3.30. The van der Waals surface area contributed by atoms with E-state index in [1.54, 1.807) is 38.4 Å². The van der Waals surface area contributed by atoms with Crippen molar-refractivity contribution >= 4 is 28.2 Å². The zero-order valence-electron chi connectivity index (χ0n) is 12.6. The van der Waals surface area contributed by atoms with Crippen LogP contribution in [0.15, 0.2) is 27.8 Å². The normalized spacial score (nSPS) is 11.0. The predicted molar refractivity (Wildman–Crippen MR) is 87.5 cm³/mol. The number of nitrogens with zero attached hydrogens (tertiary/aromatic N) is 1. The first-order valence-electron chi connectivity index (χ1n) is 6.96. The zero-order valence-corrected chi connectivity index (χ0v) is 13.4. The Morgan fingerprint density at radius 3 is 2.86 bits per heavy atom. The number of ether oxygens (including phenoxy) is 1. The van der Waals surface area contributed by atoms with Crippen LogP contribution in [0.3, 0.4) is 0 Å². The largest absolute Gasteiger partial charge is 0.462 e. The monoisotopic (exact) mass is 316 g/mol. The molecule has 0 saturated carbocycles. The highest BCUT2D eigenvalue weighted by Gasteiger charge is 2.23. The van der Waals surface area contributed by atoms with Gasteiger partial charge < -0.3 is 14.3 Å². The number of nitrogens with one attached hydrogen (secondary N) is 1. The van der Waals surface area contributed by atoms with Crippen LogP contribution in [0.4, 0.5) is 0 Å². The van der Waals surface area contributed by atoms with Gasteiger partial charge >= 0.3 is 5.97 Å². The maximum absolute atomic E-state index is 12.4. The molecule has 0 amide bonds. The number of aromatic nitrogens is 2. The van der Waals surface area contributed by atoms with Crippen molar-refractivity contribution in [2.45, 2.75) is 13.8 Å². The van der Waals surface area contributed by atoms with Gasteiger partial charge in [-0.05, 0) is 36.2 Å². The number of pyridine rings is 1. The highest BCUT2D eigenvalue weighted by atomic mass is 32.1. The summed E-state index contributed by atoms with van der Waals surface area (Å²) in [6.07, 6.45) is 1.77. The Morgan fingerprint density at radius 1 is 1.45 bits per heavy atom. The van der Waals surface area contributed by atoms with Gasteiger partial charge in [0.15, 0.2) is 0 Å². The number of rotatable bonds is 3. The average molecular weight is 316 g/mol. The number of carbonyl (C=O) groups excluding carboxylic acids is 1. The van der Waals surface area contributed by atoms with Gasteiger partial charge in [0.1, 0.15) is 5.52 Å². The molecular weight excluding hydrogens is 300 g/mol. The van der Waals surface area contributed by atoms with E-state index in [1.807, 2.05) is 16.8 Å². The van der Waals surface area contributed by atoms with Crippen LogP contribution in [-0.2, 0) is 11.8 Å². The van der Waals surface area contributed by atoms with E-state index >= 15 is 0 Å². The topological polar surface area (TPSA) is 64.1 Å². The molecule has 5 nitrogen and oxygen atoms in total. The molecule has 0 unspecified atom stereocenters. The summed E-state index contributed by atoms with van der Waals surface area (Å²) in [6.45, 7) is 3.84. The van der Waals surface area contributed by atoms with Crippen LogP contribution in [0, 0.1) is 6.92 Å². The molecule has 0 spiro atoms. The summed E-state index contributed by atoms with van der Waals surface area (Å²) in [4.78, 5) is 27.7. The first-order chi connectivity index (χ1) is 10.5. The molecule has 0 fully saturated rings. The highest BCUT2D eigenvalue weighted by molar-refractivity contribution is 7.08. The second-order valence-corrected chi connectivity index (χ2v) is 5.85. The van der Waals surface area contributed by atoms with Gasteiger partial charge in [0.25, 0.3) is 5.56 Å². The van der Waals surface area contributed by atoms with Crippen molar-refractivity contribution in [3.05, 3.63) is 44.6 Å². The number of hydrogen-bond donors (Lipinski definition) is 1. The molecule has 3 rings (SSSR count). The fourth-order valence-electron chi connectivity index (χ4n) is 2.64. The summed E-state index contributed by atoms with van der Waals surface area (Å²) in [5, 5.41) is 4.60. The van der Waals surface area contributed by atoms with Crippen molar-refractivity contribution in [2.75, 3.05) is 6.61 Å². The molecule has 3 heterocycles. The number of fused-ring (bicyclic) bond motifs is 1. The second kappa shape index (κ2) is 5.46. The number of esters is 1. The van der Waals surface area contributed by atoms with E-state index in [0.717, 1.165) is 11.1 Å². The number of aryl methyl sites for hydroxylation is 2. The summed E-state index contributed by atoms with van der Waals surface area (Å²) >= 11 is 1.57. The van der Waals surface area contributed by atoms with Crippen LogP contribution >= 0.6 is 11.3 Å². The molecule has 0 atom stereocenters. The van der Waals surface area contributed by atoms with Gasteiger partial charge in [-0.2, -0.15) is 11.3 Å². The van der Waals surface area contributed by atoms with Gasteiger partial charge in [0.2, 0.25) is 0 Å². The Labute approximate surface area is 131 Å². The molecule has 0 saturated heterocycles. The third kappa shape index (κ3) is 2.16. The SMILES string of the molecule is CCOC(=O)c1c(C)[nH]c2c(=O)n(C)cc(-c3ccsc3)c12. The van der Waals surface area contributed by atoms with Crippen molar-refractivity contribution in [2.24, 2.45) is 7.05 Å². The zero-order chi connectivity index (χ0) is 15.9. The summed E-state index contributed by atoms with van der Waals surface area (Å²) in [7, 11) is 1.71. The lowest BCUT2D eigenvalue weighted by atomic mass is 10.0. The molecule has 6 heteroatoms. The smallest absolute Gasteiger partial charge is 0.340 e. The number of thiophene rings is 1. The lowest BCUT2D eigenvalue weighted by Gasteiger charge is -2.07. The molecule has 0 aliphatic rings. The molecule has 0 aromatic carbocycles. The maximum Gasteiger partial charge on any atom is 0.340 e. The highest BCUT2D eigenvalue weighted by Crippen LogP contribution is 2.32. The summed E-state index contributed by atoms with van der Waals surface area (Å²) in [6, 6.07) is 1.97. The van der Waals surface area contributed by atoms with Crippen molar-refractivity contribution in [1.82, 2.24) is 9.55 Å². The number of aromatic amines is 1. The molecule has 1 N–H and O–H groups in total. The lowest BCUT2D eigenvalue weighted by molar-refractivity contribution is 0.0528. The Balaban J connectivity index is 2.42. The van der Waals surface area contributed by atoms with E-state index in [9.17, 15) is 9.59 Å². The van der Waals surface area contributed by atoms with E-state index in [4.69, 9.17) is 4.74 Å². The Bertz CT molecular complexity index is 904. The third-order valence-corrected chi connectivity index (χ3v) is 4.31. The minimum absolute atomic E-state index is 0.160. The standard InChI is InChI=1S/C16H16N2O3S/c1-4-21-16(20)12-9(2)17-14-13(12)11(7-18(3)15(14)19)10-5-6-22-8-10/h5-8,17H,4H2,1-3H3. The molecule has 0 bridgehead atoms. The van der Waals surface area contributed by atoms with Crippen molar-refractivity contribution < 1.29 is 9.53 Å². The molecule has 114 valence electrons. The summed E-state index contributed by atoms with van der Waals surface area (Å²) in [5.74, 6) is -0.406. The number of hydrogen-bond acceptors (Lipinski definition) is 4. The molecule has 22 heavy (non-hydrogen) atoms. The van der Waals surface area contributed by atoms with E-state index in [-0.39, 0.29) is 5.56 Å². The molecule has 3 aromatic rings. The molecule has 0 aliphatic carbocycles. The van der Waals surface area contributed by atoms with Gasteiger partial charge in [0, 0.05) is 29.9 Å². The van der Waals surface area contributed by atoms with Crippen LogP contribution < -0.4 is 5.56 Å². The van der Waals surface area contributed by atoms with Gasteiger partial charge in [-0.3, -0.25) is 4.79 Å². The molecule has 0 aliphatic heterocycles. The molecule has 0 radical (unpaired) electrons. The molecular formula is C16H16N2O3S. The Hall–Kier alpha value is -2.34. The van der Waals surface area contributed by atoms with Gasteiger partial charge in [-0.15, -0.1) is 0 Å². The minimum Gasteiger partial charge on any atom is -0.462 e. The van der Waals surface area contributed by atoms with Gasteiger partial charge in [-0.1, -0.05) is 0 Å². The first kappa shape index (κ1) is 14.6. The minimum atomic E-state index is -0.406. The van der Waals surface area contributed by atoms with Gasteiger partial charge in [-0.25, -0.2) is 4.79 Å². The second-order valence-electron chi connectivity index (χ2n) is 5.07. The fraction of sp³-hybridized carbons (Fsp3) is 0.250. The molecule has 3 aromatic heterocycles.